The molecule has 0 aromatic rings. The number of carbonyl (C=O) groups excluding carboxylic acids is 4. The zero-order valence-electron chi connectivity index (χ0n) is 11.8. The highest BCUT2D eigenvalue weighted by Gasteiger charge is 2.46. The highest BCUT2D eigenvalue weighted by molar-refractivity contribution is 5.96. The van der Waals surface area contributed by atoms with Gasteiger partial charge in [-0.05, 0) is 27.7 Å². The average Bonchev–Trinajstić information content (AvgIpc) is 2.26. The number of nitrogens with one attached hydrogen (secondary N) is 1. The van der Waals surface area contributed by atoms with Crippen molar-refractivity contribution in [1.29, 1.82) is 0 Å². The molecule has 2 unspecified atom stereocenters. The summed E-state index contributed by atoms with van der Waals surface area (Å²) in [6, 6.07) is -0.644. The summed E-state index contributed by atoms with van der Waals surface area (Å²) in [6.07, 6.45) is 0.219. The second-order valence-corrected chi connectivity index (χ2v) is 5.14. The number of carbonyl (C=O) groups is 4. The number of hydrogen-bond acceptors (Lipinski definition) is 5. The SMILES string of the molecule is CC(=O)CCN1C(=O)CC(C(C)=O)NC1(C)C(C)=O. The summed E-state index contributed by atoms with van der Waals surface area (Å²) in [5.41, 5.74) is -1.22. The number of hydrogen-bond donors (Lipinski definition) is 1. The van der Waals surface area contributed by atoms with Crippen molar-refractivity contribution in [2.24, 2.45) is 0 Å². The van der Waals surface area contributed by atoms with E-state index in [4.69, 9.17) is 0 Å². The van der Waals surface area contributed by atoms with Gasteiger partial charge in [0.1, 0.15) is 11.6 Å². The second kappa shape index (κ2) is 5.61. The highest BCUT2D eigenvalue weighted by Crippen LogP contribution is 2.22. The van der Waals surface area contributed by atoms with Gasteiger partial charge in [-0.3, -0.25) is 24.5 Å². The minimum absolute atomic E-state index is 0.0239. The predicted octanol–water partition coefficient (Wildman–Crippen LogP) is 0.0502. The molecule has 19 heavy (non-hydrogen) atoms. The third kappa shape index (κ3) is 3.26. The summed E-state index contributed by atoms with van der Waals surface area (Å²) < 4.78 is 0. The van der Waals surface area contributed by atoms with E-state index in [1.54, 1.807) is 6.92 Å². The Kier molecular flexibility index (Phi) is 4.57. The summed E-state index contributed by atoms with van der Waals surface area (Å²) in [6.45, 7) is 5.94. The molecule has 0 aromatic carbocycles. The van der Waals surface area contributed by atoms with E-state index in [1.165, 1.54) is 25.7 Å². The smallest absolute Gasteiger partial charge is 0.226 e. The topological polar surface area (TPSA) is 83.6 Å². The molecule has 6 heteroatoms. The Balaban J connectivity index is 3.00. The maximum Gasteiger partial charge on any atom is 0.226 e. The zero-order valence-corrected chi connectivity index (χ0v) is 11.8. The molecule has 6 nitrogen and oxygen atoms in total. The van der Waals surface area contributed by atoms with Crippen LogP contribution in [0, 0.1) is 0 Å². The molecule has 106 valence electrons. The summed E-state index contributed by atoms with van der Waals surface area (Å²) in [5.74, 6) is -0.757. The van der Waals surface area contributed by atoms with Crippen LogP contribution in [0.2, 0.25) is 0 Å². The van der Waals surface area contributed by atoms with Gasteiger partial charge >= 0.3 is 0 Å². The average molecular weight is 268 g/mol. The van der Waals surface area contributed by atoms with E-state index < -0.39 is 11.7 Å². The Morgan fingerprint density at radius 1 is 1.32 bits per heavy atom. The van der Waals surface area contributed by atoms with Gasteiger partial charge in [-0.1, -0.05) is 0 Å². The van der Waals surface area contributed by atoms with Crippen molar-refractivity contribution < 1.29 is 19.2 Å². The Morgan fingerprint density at radius 3 is 2.32 bits per heavy atom. The molecule has 1 fully saturated rings. The molecule has 1 saturated heterocycles. The van der Waals surface area contributed by atoms with Crippen molar-refractivity contribution in [3.8, 4) is 0 Å². The van der Waals surface area contributed by atoms with E-state index in [2.05, 4.69) is 5.32 Å². The number of Topliss-reactive ketones (excluding diaryl/α,β-unsaturated/α-hetero) is 3. The predicted molar refractivity (Wildman–Crippen MR) is 68.3 cm³/mol. The largest absolute Gasteiger partial charge is 0.317 e. The maximum absolute atomic E-state index is 12.1. The standard InChI is InChI=1S/C13H20N2O4/c1-8(16)5-6-15-12(19)7-11(9(2)17)14-13(15,4)10(3)18/h11,14H,5-7H2,1-4H3. The lowest BCUT2D eigenvalue weighted by atomic mass is 9.95. The van der Waals surface area contributed by atoms with Gasteiger partial charge in [0.05, 0.1) is 6.04 Å². The van der Waals surface area contributed by atoms with E-state index in [0.29, 0.717) is 0 Å². The summed E-state index contributed by atoms with van der Waals surface area (Å²) in [5, 5.41) is 2.93. The van der Waals surface area contributed by atoms with Gasteiger partial charge in [-0.2, -0.15) is 0 Å². The molecular weight excluding hydrogens is 248 g/mol. The van der Waals surface area contributed by atoms with Gasteiger partial charge < -0.3 is 4.90 Å². The fraction of sp³-hybridized carbons (Fsp3) is 0.692. The monoisotopic (exact) mass is 268 g/mol. The summed E-state index contributed by atoms with van der Waals surface area (Å²) >= 11 is 0. The lowest BCUT2D eigenvalue weighted by molar-refractivity contribution is -0.155. The number of ketones is 3. The van der Waals surface area contributed by atoms with Gasteiger partial charge in [0.2, 0.25) is 5.91 Å². The molecular formula is C13H20N2O4. The van der Waals surface area contributed by atoms with E-state index in [9.17, 15) is 19.2 Å². The molecule has 1 heterocycles. The van der Waals surface area contributed by atoms with E-state index in [-0.39, 0.29) is 42.6 Å². The molecule has 1 N–H and O–H groups in total. The zero-order chi connectivity index (χ0) is 14.8. The molecule has 0 aliphatic carbocycles. The second-order valence-electron chi connectivity index (χ2n) is 5.14. The van der Waals surface area contributed by atoms with Gasteiger partial charge in [0, 0.05) is 19.4 Å². The fourth-order valence-corrected chi connectivity index (χ4v) is 2.16. The quantitative estimate of drug-likeness (QED) is 0.761. The van der Waals surface area contributed by atoms with Crippen molar-refractivity contribution in [1.82, 2.24) is 10.2 Å². The molecule has 0 spiro atoms. The van der Waals surface area contributed by atoms with Crippen LogP contribution in [0.3, 0.4) is 0 Å². The van der Waals surface area contributed by atoms with Crippen molar-refractivity contribution in [2.75, 3.05) is 6.54 Å². The van der Waals surface area contributed by atoms with Crippen LogP contribution in [0.1, 0.15) is 40.5 Å². The van der Waals surface area contributed by atoms with Gasteiger partial charge in [-0.15, -0.1) is 0 Å². The van der Waals surface area contributed by atoms with Crippen LogP contribution in [0.15, 0.2) is 0 Å². The molecule has 1 amide bonds. The molecule has 0 aromatic heterocycles. The van der Waals surface area contributed by atoms with Crippen LogP contribution in [-0.2, 0) is 19.2 Å². The molecule has 1 aliphatic rings. The normalized spacial score (nSPS) is 27.3. The maximum atomic E-state index is 12.1. The van der Waals surface area contributed by atoms with Crippen LogP contribution in [0.5, 0.6) is 0 Å². The molecule has 0 bridgehead atoms. The van der Waals surface area contributed by atoms with Crippen LogP contribution < -0.4 is 5.32 Å². The highest BCUT2D eigenvalue weighted by atomic mass is 16.2. The Morgan fingerprint density at radius 2 is 1.89 bits per heavy atom. The fourth-order valence-electron chi connectivity index (χ4n) is 2.16. The Bertz CT molecular complexity index is 432. The number of amides is 1. The number of nitrogens with zero attached hydrogens (tertiary/aromatic N) is 1. The van der Waals surface area contributed by atoms with Crippen molar-refractivity contribution >= 4 is 23.3 Å². The first-order chi connectivity index (χ1) is 8.68. The van der Waals surface area contributed by atoms with Crippen LogP contribution in [0.4, 0.5) is 0 Å². The Labute approximate surface area is 112 Å². The van der Waals surface area contributed by atoms with E-state index in [1.807, 2.05) is 0 Å². The minimum atomic E-state index is -1.22. The lowest BCUT2D eigenvalue weighted by Gasteiger charge is -2.46. The molecule has 2 atom stereocenters. The van der Waals surface area contributed by atoms with Gasteiger partial charge in [-0.25, -0.2) is 0 Å². The first kappa shape index (κ1) is 15.5. The van der Waals surface area contributed by atoms with Crippen LogP contribution in [-0.4, -0.2) is 46.4 Å². The van der Waals surface area contributed by atoms with Crippen molar-refractivity contribution in [3.63, 3.8) is 0 Å². The molecule has 0 saturated carbocycles. The van der Waals surface area contributed by atoms with Crippen LogP contribution >= 0.6 is 0 Å². The lowest BCUT2D eigenvalue weighted by Crippen LogP contribution is -2.71. The Hall–Kier alpha value is -1.56. The first-order valence-electron chi connectivity index (χ1n) is 6.27. The van der Waals surface area contributed by atoms with Crippen molar-refractivity contribution in [2.45, 2.75) is 52.2 Å². The van der Waals surface area contributed by atoms with E-state index in [0.717, 1.165) is 0 Å². The minimum Gasteiger partial charge on any atom is -0.317 e. The third-order valence-electron chi connectivity index (χ3n) is 3.54. The van der Waals surface area contributed by atoms with E-state index >= 15 is 0 Å². The third-order valence-corrected chi connectivity index (χ3v) is 3.54. The van der Waals surface area contributed by atoms with Gasteiger partial charge in [0.25, 0.3) is 0 Å². The first-order valence-corrected chi connectivity index (χ1v) is 6.27. The number of rotatable bonds is 5. The summed E-state index contributed by atoms with van der Waals surface area (Å²) in [7, 11) is 0. The summed E-state index contributed by atoms with van der Waals surface area (Å²) in [4.78, 5) is 47.8. The molecule has 0 radical (unpaired) electrons. The van der Waals surface area contributed by atoms with Crippen molar-refractivity contribution in [3.05, 3.63) is 0 Å². The van der Waals surface area contributed by atoms with Crippen LogP contribution in [0.25, 0.3) is 0 Å². The molecule has 1 aliphatic heterocycles. The van der Waals surface area contributed by atoms with Gasteiger partial charge in [0.15, 0.2) is 11.4 Å². The molecule has 1 rings (SSSR count).